The van der Waals surface area contributed by atoms with Crippen molar-refractivity contribution in [1.82, 2.24) is 20.0 Å². The summed E-state index contributed by atoms with van der Waals surface area (Å²) < 4.78 is 0. The largest absolute Gasteiger partial charge is 0.385 e. The first-order valence-corrected chi connectivity index (χ1v) is 17.5. The molecule has 4 heteroatoms. The number of piperidine rings is 1. The second-order valence-electron chi connectivity index (χ2n) is 13.4. The van der Waals surface area contributed by atoms with Crippen LogP contribution in [0.2, 0.25) is 0 Å². The minimum Gasteiger partial charge on any atom is -0.385 e. The van der Waals surface area contributed by atoms with Crippen LogP contribution in [0.25, 0.3) is 5.70 Å². The van der Waals surface area contributed by atoms with Crippen LogP contribution in [0.4, 0.5) is 0 Å². The zero-order valence-electron chi connectivity index (χ0n) is 27.6. The van der Waals surface area contributed by atoms with Crippen LogP contribution in [-0.2, 0) is 13.0 Å². The van der Waals surface area contributed by atoms with E-state index >= 15 is 0 Å². The third-order valence-corrected chi connectivity index (χ3v) is 10.1. The van der Waals surface area contributed by atoms with Crippen molar-refractivity contribution < 1.29 is 0 Å². The highest BCUT2D eigenvalue weighted by Crippen LogP contribution is 2.29. The molecule has 2 saturated heterocycles. The minimum absolute atomic E-state index is 0.425. The maximum atomic E-state index is 4.34. The van der Waals surface area contributed by atoms with Gasteiger partial charge in [-0.25, -0.2) is 0 Å². The first kappa shape index (κ1) is 32.2. The Kier molecular flexibility index (Phi) is 11.7. The highest BCUT2D eigenvalue weighted by Gasteiger charge is 2.24. The Morgan fingerprint density at radius 2 is 1.20 bits per heavy atom. The Morgan fingerprint density at radius 3 is 1.80 bits per heavy atom. The van der Waals surface area contributed by atoms with Crippen molar-refractivity contribution in [2.75, 3.05) is 58.9 Å². The van der Waals surface area contributed by atoms with Gasteiger partial charge in [0.05, 0.1) is 0 Å². The second kappa shape index (κ2) is 16.7. The molecular formula is C42H52N4. The number of likely N-dealkylation sites (tertiary alicyclic amines) is 1. The molecule has 2 fully saturated rings. The molecule has 0 aromatic heterocycles. The molecule has 240 valence electrons. The van der Waals surface area contributed by atoms with Gasteiger partial charge in [0, 0.05) is 57.4 Å². The van der Waals surface area contributed by atoms with Crippen molar-refractivity contribution in [2.24, 2.45) is 5.92 Å². The van der Waals surface area contributed by atoms with E-state index in [2.05, 4.69) is 142 Å². The molecule has 0 bridgehead atoms. The quantitative estimate of drug-likeness (QED) is 0.149. The predicted molar refractivity (Wildman–Crippen MR) is 194 cm³/mol. The van der Waals surface area contributed by atoms with E-state index in [9.17, 15) is 0 Å². The molecule has 4 nitrogen and oxygen atoms in total. The normalized spacial score (nSPS) is 16.9. The fourth-order valence-electron chi connectivity index (χ4n) is 7.24. The maximum absolute atomic E-state index is 4.34. The molecule has 6 rings (SSSR count). The molecule has 4 aromatic rings. The summed E-state index contributed by atoms with van der Waals surface area (Å²) in [6.07, 6.45) is 4.86. The van der Waals surface area contributed by atoms with E-state index in [0.717, 1.165) is 70.4 Å². The first-order valence-electron chi connectivity index (χ1n) is 17.5. The van der Waals surface area contributed by atoms with Gasteiger partial charge in [0.25, 0.3) is 0 Å². The highest BCUT2D eigenvalue weighted by molar-refractivity contribution is 5.61. The average Bonchev–Trinajstić information content (AvgIpc) is 3.12. The van der Waals surface area contributed by atoms with Gasteiger partial charge in [-0.3, -0.25) is 4.90 Å². The molecule has 46 heavy (non-hydrogen) atoms. The van der Waals surface area contributed by atoms with E-state index in [-0.39, 0.29) is 0 Å². The summed E-state index contributed by atoms with van der Waals surface area (Å²) >= 11 is 0. The smallest absolute Gasteiger partial charge is 0.0340 e. The van der Waals surface area contributed by atoms with Crippen molar-refractivity contribution in [3.8, 4) is 0 Å². The van der Waals surface area contributed by atoms with Crippen LogP contribution in [0.1, 0.15) is 53.0 Å². The van der Waals surface area contributed by atoms with Crippen molar-refractivity contribution in [2.45, 2.75) is 38.1 Å². The summed E-state index contributed by atoms with van der Waals surface area (Å²) in [5, 5.41) is 3.59. The molecule has 0 saturated carbocycles. The van der Waals surface area contributed by atoms with Crippen molar-refractivity contribution in [1.29, 1.82) is 0 Å². The Bertz CT molecular complexity index is 1400. The number of hydrogen-bond donors (Lipinski definition) is 1. The maximum Gasteiger partial charge on any atom is 0.0340 e. The van der Waals surface area contributed by atoms with Crippen molar-refractivity contribution in [3.63, 3.8) is 0 Å². The molecule has 0 amide bonds. The van der Waals surface area contributed by atoms with Crippen LogP contribution in [0.15, 0.2) is 122 Å². The number of rotatable bonds is 14. The third kappa shape index (κ3) is 9.42. The number of nitrogens with one attached hydrogen (secondary N) is 1. The van der Waals surface area contributed by atoms with Gasteiger partial charge in [-0.15, -0.1) is 0 Å². The van der Waals surface area contributed by atoms with Gasteiger partial charge >= 0.3 is 0 Å². The molecule has 0 radical (unpaired) electrons. The molecular weight excluding hydrogens is 560 g/mol. The fourth-order valence-corrected chi connectivity index (χ4v) is 7.24. The summed E-state index contributed by atoms with van der Waals surface area (Å²) in [4.78, 5) is 7.87. The molecule has 0 unspecified atom stereocenters. The van der Waals surface area contributed by atoms with Crippen LogP contribution in [-0.4, -0.2) is 73.6 Å². The van der Waals surface area contributed by atoms with Gasteiger partial charge < -0.3 is 15.1 Å². The monoisotopic (exact) mass is 612 g/mol. The summed E-state index contributed by atoms with van der Waals surface area (Å²) in [7, 11) is 0. The lowest BCUT2D eigenvalue weighted by Crippen LogP contribution is -2.46. The van der Waals surface area contributed by atoms with E-state index in [1.807, 2.05) is 0 Å². The molecule has 0 spiro atoms. The van der Waals surface area contributed by atoms with Crippen LogP contribution >= 0.6 is 0 Å². The fraction of sp³-hybridized carbons (Fsp3) is 0.381. The van der Waals surface area contributed by atoms with Gasteiger partial charge in [-0.2, -0.15) is 0 Å². The Labute approximate surface area is 277 Å². The van der Waals surface area contributed by atoms with Crippen LogP contribution < -0.4 is 5.32 Å². The van der Waals surface area contributed by atoms with Gasteiger partial charge in [-0.05, 0) is 79.1 Å². The highest BCUT2D eigenvalue weighted by atomic mass is 15.3. The lowest BCUT2D eigenvalue weighted by molar-refractivity contribution is 0.126. The molecule has 2 aliphatic heterocycles. The standard InChI is InChI=1S/C42H52N4/c1-35(43-24-11-25-44-28-30-46(31-29-44)33-38-12-5-2-6-13-38)39-20-18-36(19-21-39)32-37-22-26-45(27-23-37)34-42(40-14-7-3-8-15-40)41-16-9-4-10-17-41/h2-10,12-21,37,42-43H,1,11,22-34H2. The molecule has 4 aromatic carbocycles. The minimum atomic E-state index is 0.425. The predicted octanol–water partition coefficient (Wildman–Crippen LogP) is 7.54. The number of hydrogen-bond acceptors (Lipinski definition) is 4. The molecule has 1 N–H and O–H groups in total. The van der Waals surface area contributed by atoms with Gasteiger partial charge in [-0.1, -0.05) is 122 Å². The summed E-state index contributed by atoms with van der Waals surface area (Å²) in [6.45, 7) is 15.6. The molecule has 2 heterocycles. The lowest BCUT2D eigenvalue weighted by atomic mass is 9.87. The first-order chi connectivity index (χ1) is 22.7. The Balaban J connectivity index is 0.880. The van der Waals surface area contributed by atoms with E-state index < -0.39 is 0 Å². The average molecular weight is 613 g/mol. The van der Waals surface area contributed by atoms with Crippen LogP contribution in [0.3, 0.4) is 0 Å². The van der Waals surface area contributed by atoms with Crippen LogP contribution in [0.5, 0.6) is 0 Å². The summed E-state index contributed by atoms with van der Waals surface area (Å²) in [6, 6.07) is 42.1. The van der Waals surface area contributed by atoms with E-state index in [0.29, 0.717) is 5.92 Å². The topological polar surface area (TPSA) is 21.8 Å². The van der Waals surface area contributed by atoms with Crippen molar-refractivity contribution in [3.05, 3.63) is 150 Å². The zero-order chi connectivity index (χ0) is 31.4. The second-order valence-corrected chi connectivity index (χ2v) is 13.4. The SMILES string of the molecule is C=C(NCCCN1CCN(Cc2ccccc2)CC1)c1ccc(CC2CCN(CC(c3ccccc3)c3ccccc3)CC2)cc1. The Hall–Kier alpha value is -3.70. The van der Waals surface area contributed by atoms with Gasteiger partial charge in [0.1, 0.15) is 0 Å². The van der Waals surface area contributed by atoms with E-state index in [4.69, 9.17) is 0 Å². The van der Waals surface area contributed by atoms with Crippen LogP contribution in [0, 0.1) is 5.92 Å². The Morgan fingerprint density at radius 1 is 0.630 bits per heavy atom. The number of nitrogens with zero attached hydrogens (tertiary/aromatic N) is 3. The summed E-state index contributed by atoms with van der Waals surface area (Å²) in [5.74, 6) is 1.18. The third-order valence-electron chi connectivity index (χ3n) is 10.1. The van der Waals surface area contributed by atoms with E-state index in [1.54, 1.807) is 0 Å². The van der Waals surface area contributed by atoms with Gasteiger partial charge in [0.2, 0.25) is 0 Å². The number of benzene rings is 4. The van der Waals surface area contributed by atoms with Crippen molar-refractivity contribution >= 4 is 5.70 Å². The van der Waals surface area contributed by atoms with Gasteiger partial charge in [0.15, 0.2) is 0 Å². The zero-order valence-corrected chi connectivity index (χ0v) is 27.6. The molecule has 2 aliphatic rings. The molecule has 0 aliphatic carbocycles. The molecule has 0 atom stereocenters. The van der Waals surface area contributed by atoms with E-state index in [1.165, 1.54) is 60.2 Å². The lowest BCUT2D eigenvalue weighted by Gasteiger charge is -2.35. The summed E-state index contributed by atoms with van der Waals surface area (Å²) in [5.41, 5.74) is 7.95. The number of piperazine rings is 1.